The molecule has 0 aliphatic rings. The maximum Gasteiger partial charge on any atom is 0.219 e. The average molecular weight is 428 g/mol. The van der Waals surface area contributed by atoms with Gasteiger partial charge in [-0.1, -0.05) is 49.4 Å². The molecule has 0 saturated heterocycles. The van der Waals surface area contributed by atoms with Crippen molar-refractivity contribution in [2.45, 2.75) is 19.9 Å². The van der Waals surface area contributed by atoms with Gasteiger partial charge in [-0.2, -0.15) is 0 Å². The summed E-state index contributed by atoms with van der Waals surface area (Å²) >= 11 is 0. The number of hydrogen-bond donors (Lipinski definition) is 3. The van der Waals surface area contributed by atoms with E-state index < -0.39 is 0 Å². The van der Waals surface area contributed by atoms with Gasteiger partial charge in [0.1, 0.15) is 0 Å². The normalized spacial score (nSPS) is 11.5. The molecule has 1 aromatic heterocycles. The number of aliphatic imine (C=N–C) groups is 1. The monoisotopic (exact) mass is 427 g/mol. The minimum atomic E-state index is 0.0377. The van der Waals surface area contributed by atoms with E-state index in [0.717, 1.165) is 27.9 Å². The van der Waals surface area contributed by atoms with Gasteiger partial charge >= 0.3 is 0 Å². The fraction of sp³-hybridized carbons (Fsp3) is 0.192. The summed E-state index contributed by atoms with van der Waals surface area (Å²) in [6.07, 6.45) is 7.55. The van der Waals surface area contributed by atoms with Crippen LogP contribution in [-0.4, -0.2) is 30.2 Å². The van der Waals surface area contributed by atoms with Gasteiger partial charge in [0.25, 0.3) is 0 Å². The van der Waals surface area contributed by atoms with Crippen molar-refractivity contribution in [2.24, 2.45) is 10.7 Å². The first kappa shape index (κ1) is 22.7. The van der Waals surface area contributed by atoms with E-state index in [0.29, 0.717) is 31.8 Å². The Morgan fingerprint density at radius 1 is 1.06 bits per heavy atom. The number of aromatic nitrogens is 1. The van der Waals surface area contributed by atoms with Gasteiger partial charge in [0.15, 0.2) is 0 Å². The molecule has 1 amide bonds. The highest BCUT2D eigenvalue weighted by molar-refractivity contribution is 5.88. The molecular formula is C26H29N5O. The SMILES string of the molecule is CCC(=O)NCCNc1ccc(-c2ccccc2)cc1/C(N)=C/C=NCc1cccnc1. The molecule has 0 aliphatic heterocycles. The van der Waals surface area contributed by atoms with Crippen LogP contribution in [0.3, 0.4) is 0 Å². The van der Waals surface area contributed by atoms with Crippen LogP contribution < -0.4 is 16.4 Å². The Balaban J connectivity index is 1.78. The van der Waals surface area contributed by atoms with E-state index in [2.05, 4.69) is 44.9 Å². The molecular weight excluding hydrogens is 398 g/mol. The zero-order valence-electron chi connectivity index (χ0n) is 18.3. The molecule has 0 unspecified atom stereocenters. The molecule has 164 valence electrons. The Bertz CT molecular complexity index is 1060. The third-order valence-electron chi connectivity index (χ3n) is 4.88. The highest BCUT2D eigenvalue weighted by Crippen LogP contribution is 2.28. The topological polar surface area (TPSA) is 92.4 Å². The molecule has 6 nitrogen and oxygen atoms in total. The molecule has 4 N–H and O–H groups in total. The molecule has 32 heavy (non-hydrogen) atoms. The van der Waals surface area contributed by atoms with Crippen LogP contribution in [0.4, 0.5) is 5.69 Å². The van der Waals surface area contributed by atoms with Crippen molar-refractivity contribution in [1.82, 2.24) is 10.3 Å². The summed E-state index contributed by atoms with van der Waals surface area (Å²) in [6.45, 7) is 3.53. The summed E-state index contributed by atoms with van der Waals surface area (Å²) in [5, 5.41) is 6.25. The number of rotatable bonds is 10. The Kier molecular flexibility index (Phi) is 8.57. The Morgan fingerprint density at radius 2 is 1.91 bits per heavy atom. The third-order valence-corrected chi connectivity index (χ3v) is 4.88. The van der Waals surface area contributed by atoms with Crippen LogP contribution in [0, 0.1) is 0 Å². The number of anilines is 1. The minimum absolute atomic E-state index is 0.0377. The maximum absolute atomic E-state index is 11.5. The van der Waals surface area contributed by atoms with E-state index in [1.54, 1.807) is 18.6 Å². The van der Waals surface area contributed by atoms with Crippen molar-refractivity contribution in [3.8, 4) is 11.1 Å². The lowest BCUT2D eigenvalue weighted by Crippen LogP contribution is -2.28. The summed E-state index contributed by atoms with van der Waals surface area (Å²) in [6, 6.07) is 20.2. The number of amides is 1. The van der Waals surface area contributed by atoms with Gasteiger partial charge in [-0.3, -0.25) is 14.8 Å². The minimum Gasteiger partial charge on any atom is -0.398 e. The lowest BCUT2D eigenvalue weighted by atomic mass is 10.00. The predicted octanol–water partition coefficient (Wildman–Crippen LogP) is 4.26. The van der Waals surface area contributed by atoms with Crippen LogP contribution in [0.25, 0.3) is 16.8 Å². The number of allylic oxidation sites excluding steroid dienone is 1. The number of carbonyl (C=O) groups excluding carboxylic acids is 1. The molecule has 0 bridgehead atoms. The lowest BCUT2D eigenvalue weighted by molar-refractivity contribution is -0.120. The Morgan fingerprint density at radius 3 is 2.66 bits per heavy atom. The van der Waals surface area contributed by atoms with Crippen molar-refractivity contribution in [2.75, 3.05) is 18.4 Å². The number of pyridine rings is 1. The zero-order valence-corrected chi connectivity index (χ0v) is 18.3. The Labute approximate surface area is 189 Å². The van der Waals surface area contributed by atoms with Gasteiger partial charge < -0.3 is 16.4 Å². The molecule has 3 rings (SSSR count). The molecule has 0 atom stereocenters. The second kappa shape index (κ2) is 12.1. The smallest absolute Gasteiger partial charge is 0.219 e. The molecule has 0 aliphatic carbocycles. The van der Waals surface area contributed by atoms with Gasteiger partial charge in [0.05, 0.1) is 6.54 Å². The summed E-state index contributed by atoms with van der Waals surface area (Å²) < 4.78 is 0. The number of nitrogens with two attached hydrogens (primary N) is 1. The largest absolute Gasteiger partial charge is 0.398 e. The van der Waals surface area contributed by atoms with Gasteiger partial charge in [-0.05, 0) is 41.0 Å². The highest BCUT2D eigenvalue weighted by atomic mass is 16.1. The fourth-order valence-corrected chi connectivity index (χ4v) is 3.14. The molecule has 0 saturated carbocycles. The van der Waals surface area contributed by atoms with Crippen LogP contribution >= 0.6 is 0 Å². The second-order valence-electron chi connectivity index (χ2n) is 7.23. The van der Waals surface area contributed by atoms with Gasteiger partial charge in [-0.15, -0.1) is 0 Å². The first-order valence-electron chi connectivity index (χ1n) is 10.7. The molecule has 2 aromatic carbocycles. The van der Waals surface area contributed by atoms with Crippen molar-refractivity contribution >= 4 is 23.5 Å². The first-order valence-corrected chi connectivity index (χ1v) is 10.7. The maximum atomic E-state index is 11.5. The molecule has 3 aromatic rings. The molecule has 0 radical (unpaired) electrons. The van der Waals surface area contributed by atoms with Crippen LogP contribution in [0.15, 0.2) is 84.1 Å². The van der Waals surface area contributed by atoms with Gasteiger partial charge in [0.2, 0.25) is 5.91 Å². The van der Waals surface area contributed by atoms with Crippen LogP contribution in [0.2, 0.25) is 0 Å². The van der Waals surface area contributed by atoms with Crippen molar-refractivity contribution in [1.29, 1.82) is 0 Å². The average Bonchev–Trinajstić information content (AvgIpc) is 2.85. The van der Waals surface area contributed by atoms with E-state index in [-0.39, 0.29) is 5.91 Å². The number of carbonyl (C=O) groups is 1. The van der Waals surface area contributed by atoms with Crippen molar-refractivity contribution in [3.63, 3.8) is 0 Å². The molecule has 1 heterocycles. The van der Waals surface area contributed by atoms with E-state index >= 15 is 0 Å². The van der Waals surface area contributed by atoms with Crippen molar-refractivity contribution in [3.05, 3.63) is 90.3 Å². The first-order chi connectivity index (χ1) is 15.7. The van der Waals surface area contributed by atoms with Crippen LogP contribution in [0.1, 0.15) is 24.5 Å². The summed E-state index contributed by atoms with van der Waals surface area (Å²) in [5.41, 5.74) is 12.1. The summed E-state index contributed by atoms with van der Waals surface area (Å²) in [5.74, 6) is 0.0377. The van der Waals surface area contributed by atoms with E-state index in [9.17, 15) is 4.79 Å². The third kappa shape index (κ3) is 6.80. The standard InChI is InChI=1S/C26H29N5O/c1-2-26(32)31-16-15-30-25-11-10-22(21-8-4-3-5-9-21)17-23(25)24(27)12-14-29-19-20-7-6-13-28-18-20/h3-14,17-18,30H,2,15-16,19,27H2,1H3,(H,31,32)/b24-12-,29-14?. The molecule has 6 heteroatoms. The lowest BCUT2D eigenvalue weighted by Gasteiger charge is -2.15. The number of hydrogen-bond acceptors (Lipinski definition) is 5. The van der Waals surface area contributed by atoms with E-state index in [1.807, 2.05) is 49.4 Å². The van der Waals surface area contributed by atoms with E-state index in [4.69, 9.17) is 5.73 Å². The van der Waals surface area contributed by atoms with Gasteiger partial charge in [0, 0.05) is 55.1 Å². The van der Waals surface area contributed by atoms with Crippen LogP contribution in [0.5, 0.6) is 0 Å². The van der Waals surface area contributed by atoms with E-state index in [1.165, 1.54) is 0 Å². The number of nitrogens with one attached hydrogen (secondary N) is 2. The summed E-state index contributed by atoms with van der Waals surface area (Å²) in [7, 11) is 0. The van der Waals surface area contributed by atoms with Crippen LogP contribution in [-0.2, 0) is 11.3 Å². The predicted molar refractivity (Wildman–Crippen MR) is 132 cm³/mol. The summed E-state index contributed by atoms with van der Waals surface area (Å²) in [4.78, 5) is 20.0. The zero-order chi connectivity index (χ0) is 22.6. The Hall–Kier alpha value is -3.93. The van der Waals surface area contributed by atoms with Gasteiger partial charge in [-0.25, -0.2) is 0 Å². The highest BCUT2D eigenvalue weighted by Gasteiger charge is 2.08. The molecule has 0 fully saturated rings. The molecule has 0 spiro atoms. The second-order valence-corrected chi connectivity index (χ2v) is 7.23. The van der Waals surface area contributed by atoms with Crippen molar-refractivity contribution < 1.29 is 4.79 Å². The number of nitrogens with zero attached hydrogens (tertiary/aromatic N) is 2. The number of benzene rings is 2. The quantitative estimate of drug-likeness (QED) is 0.333. The fourth-order valence-electron chi connectivity index (χ4n) is 3.14.